The molecule has 2 saturated heterocycles. The lowest BCUT2D eigenvalue weighted by molar-refractivity contribution is -0.150. The van der Waals surface area contributed by atoms with E-state index in [4.69, 9.17) is 5.73 Å². The lowest BCUT2D eigenvalue weighted by Crippen LogP contribution is -2.71. The van der Waals surface area contributed by atoms with Crippen molar-refractivity contribution in [2.75, 3.05) is 18.1 Å². The van der Waals surface area contributed by atoms with Crippen molar-refractivity contribution >= 4 is 41.3 Å². The average molecular weight is 467 g/mol. The van der Waals surface area contributed by atoms with Gasteiger partial charge in [0.2, 0.25) is 5.91 Å². The minimum Gasteiger partial charge on any atom is -0.508 e. The molecule has 11 nitrogen and oxygen atoms in total. The molecule has 0 radical (unpaired) electrons. The van der Waals surface area contributed by atoms with Gasteiger partial charge in [-0.15, -0.1) is 23.5 Å². The molecule has 0 aliphatic carbocycles. The van der Waals surface area contributed by atoms with Gasteiger partial charge in [-0.3, -0.25) is 14.5 Å². The lowest BCUT2D eigenvalue weighted by Gasteiger charge is -2.49. The van der Waals surface area contributed by atoms with Crippen LogP contribution in [0.15, 0.2) is 35.5 Å². The van der Waals surface area contributed by atoms with Gasteiger partial charge in [-0.1, -0.05) is 12.1 Å². The van der Waals surface area contributed by atoms with E-state index < -0.39 is 35.2 Å². The number of thioether (sulfide) groups is 2. The molecule has 3 heterocycles. The van der Waals surface area contributed by atoms with Crippen molar-refractivity contribution < 1.29 is 24.6 Å². The molecule has 4 rings (SSSR count). The maximum atomic E-state index is 12.7. The molecule has 31 heavy (non-hydrogen) atoms. The first-order valence-corrected chi connectivity index (χ1v) is 11.6. The fourth-order valence-corrected chi connectivity index (χ4v) is 5.96. The number of carboxylic acids is 1. The van der Waals surface area contributed by atoms with Gasteiger partial charge in [-0.25, -0.2) is 15.6 Å². The molecule has 0 aromatic heterocycles. The Hall–Kier alpha value is -2.29. The molecule has 3 aliphatic rings. The molecular weight excluding hydrogens is 444 g/mol. The van der Waals surface area contributed by atoms with Gasteiger partial charge in [-0.2, -0.15) is 5.53 Å². The second-order valence-electron chi connectivity index (χ2n) is 7.17. The number of aromatic hydroxyl groups is 1. The Bertz CT molecular complexity index is 921. The minimum absolute atomic E-state index is 0.00602. The SMILES string of the molecule is N[C@@H](C(=O)N[C@@H]1C(=O)N2C(C(=O)O)=C(CSC3CNNN3)CS[C@H]12)c1ccc(O)cc1. The number of nitrogens with two attached hydrogens (primary N) is 1. The number of benzene rings is 1. The van der Waals surface area contributed by atoms with E-state index in [1.54, 1.807) is 11.8 Å². The quantitative estimate of drug-likeness (QED) is 0.241. The molecule has 1 aromatic carbocycles. The van der Waals surface area contributed by atoms with Crippen LogP contribution >= 0.6 is 23.5 Å². The zero-order valence-corrected chi connectivity index (χ0v) is 17.8. The largest absolute Gasteiger partial charge is 0.508 e. The van der Waals surface area contributed by atoms with Crippen LogP contribution in [0.5, 0.6) is 5.75 Å². The van der Waals surface area contributed by atoms with E-state index in [2.05, 4.69) is 21.7 Å². The fourth-order valence-electron chi connectivity index (χ4n) is 3.50. The number of hydrogen-bond acceptors (Lipinski definition) is 10. The molecule has 3 aliphatic heterocycles. The van der Waals surface area contributed by atoms with Crippen molar-refractivity contribution in [3.8, 4) is 5.75 Å². The van der Waals surface area contributed by atoms with Crippen LogP contribution in [0, 0.1) is 0 Å². The highest BCUT2D eigenvalue weighted by atomic mass is 32.2. The number of aliphatic carboxylic acids is 1. The maximum Gasteiger partial charge on any atom is 0.352 e. The van der Waals surface area contributed by atoms with Crippen molar-refractivity contribution in [3.63, 3.8) is 0 Å². The fraction of sp³-hybridized carbons (Fsp3) is 0.389. The first-order valence-electron chi connectivity index (χ1n) is 9.46. The third kappa shape index (κ3) is 4.37. The Kier molecular flexibility index (Phi) is 6.41. The van der Waals surface area contributed by atoms with E-state index >= 15 is 0 Å². The standard InChI is InChI=1S/C18H22N6O5S2/c19-12(8-1-3-10(25)4-2-8)15(26)21-13-16(27)24-14(18(28)29)9(7-31-17(13)24)6-30-11-5-20-23-22-11/h1-4,11-13,17,20,22-23,25H,5-7,19H2,(H,21,26)(H,28,29)/t11?,12-,13-,17-/m1/s1. The number of phenols is 1. The zero-order chi connectivity index (χ0) is 22.1. The third-order valence-electron chi connectivity index (χ3n) is 5.15. The summed E-state index contributed by atoms with van der Waals surface area (Å²) in [7, 11) is 0. The number of nitrogens with zero attached hydrogens (tertiary/aromatic N) is 1. The van der Waals surface area contributed by atoms with Crippen LogP contribution in [0.3, 0.4) is 0 Å². The van der Waals surface area contributed by atoms with Gasteiger partial charge in [0.25, 0.3) is 5.91 Å². The summed E-state index contributed by atoms with van der Waals surface area (Å²) < 4.78 is 0. The van der Waals surface area contributed by atoms with Crippen LogP contribution in [-0.4, -0.2) is 67.7 Å². The van der Waals surface area contributed by atoms with Gasteiger partial charge in [-0.05, 0) is 23.3 Å². The van der Waals surface area contributed by atoms with Crippen molar-refractivity contribution in [2.24, 2.45) is 5.73 Å². The number of fused-ring (bicyclic) bond motifs is 1. The number of amides is 2. The molecule has 13 heteroatoms. The van der Waals surface area contributed by atoms with Crippen molar-refractivity contribution in [3.05, 3.63) is 41.1 Å². The number of carbonyl (C=O) groups is 3. The highest BCUT2D eigenvalue weighted by molar-refractivity contribution is 8.01. The predicted molar refractivity (Wildman–Crippen MR) is 115 cm³/mol. The number of hydrazine groups is 2. The van der Waals surface area contributed by atoms with Gasteiger partial charge in [0.1, 0.15) is 28.9 Å². The zero-order valence-electron chi connectivity index (χ0n) is 16.2. The molecule has 0 saturated carbocycles. The van der Waals surface area contributed by atoms with Gasteiger partial charge in [0, 0.05) is 18.1 Å². The minimum atomic E-state index is -1.16. The summed E-state index contributed by atoms with van der Waals surface area (Å²) in [5.74, 6) is -1.19. The molecule has 0 bridgehead atoms. The van der Waals surface area contributed by atoms with Crippen LogP contribution in [-0.2, 0) is 14.4 Å². The Morgan fingerprint density at radius 3 is 2.74 bits per heavy atom. The molecular formula is C18H22N6O5S2. The van der Waals surface area contributed by atoms with Crippen molar-refractivity contribution in [1.82, 2.24) is 26.6 Å². The number of hydrogen-bond donors (Lipinski definition) is 7. The first kappa shape index (κ1) is 21.9. The highest BCUT2D eigenvalue weighted by Crippen LogP contribution is 2.41. The molecule has 0 spiro atoms. The van der Waals surface area contributed by atoms with Crippen LogP contribution in [0.2, 0.25) is 0 Å². The maximum absolute atomic E-state index is 12.7. The van der Waals surface area contributed by atoms with E-state index in [0.717, 1.165) is 0 Å². The molecule has 2 fully saturated rings. The van der Waals surface area contributed by atoms with E-state index in [-0.39, 0.29) is 16.8 Å². The molecule has 1 unspecified atom stereocenters. The number of rotatable bonds is 7. The summed E-state index contributed by atoms with van der Waals surface area (Å²) in [6.45, 7) is 0.689. The summed E-state index contributed by atoms with van der Waals surface area (Å²) in [6.07, 6.45) is 0. The van der Waals surface area contributed by atoms with Crippen LogP contribution in [0.25, 0.3) is 0 Å². The number of nitrogens with one attached hydrogen (secondary N) is 4. The van der Waals surface area contributed by atoms with Crippen LogP contribution < -0.4 is 27.4 Å². The van der Waals surface area contributed by atoms with Gasteiger partial charge in [0.05, 0.1) is 5.37 Å². The molecule has 8 N–H and O–H groups in total. The summed E-state index contributed by atoms with van der Waals surface area (Å²) in [4.78, 5) is 38.5. The highest BCUT2D eigenvalue weighted by Gasteiger charge is 2.54. The number of β-lactam (4-membered cyclic amide) rings is 1. The van der Waals surface area contributed by atoms with E-state index in [0.29, 0.717) is 29.2 Å². The smallest absolute Gasteiger partial charge is 0.352 e. The van der Waals surface area contributed by atoms with E-state index in [1.807, 2.05) is 0 Å². The molecule has 2 amide bonds. The predicted octanol–water partition coefficient (Wildman–Crippen LogP) is -1.20. The van der Waals surface area contributed by atoms with Gasteiger partial charge < -0.3 is 21.3 Å². The molecule has 4 atom stereocenters. The first-order chi connectivity index (χ1) is 14.9. The lowest BCUT2D eigenvalue weighted by atomic mass is 10.0. The second kappa shape index (κ2) is 9.06. The van der Waals surface area contributed by atoms with E-state index in [1.165, 1.54) is 40.9 Å². The Balaban J connectivity index is 1.42. The number of carbonyl (C=O) groups excluding carboxylic acids is 2. The number of carboxylic acid groups (broad SMARTS) is 1. The Labute approximate surface area is 186 Å². The van der Waals surface area contributed by atoms with Gasteiger partial charge >= 0.3 is 5.97 Å². The summed E-state index contributed by atoms with van der Waals surface area (Å²) in [5.41, 5.74) is 15.9. The second-order valence-corrected chi connectivity index (χ2v) is 9.47. The van der Waals surface area contributed by atoms with Crippen LogP contribution in [0.4, 0.5) is 0 Å². The monoisotopic (exact) mass is 466 g/mol. The Morgan fingerprint density at radius 2 is 2.10 bits per heavy atom. The average Bonchev–Trinajstić information content (AvgIpc) is 3.28. The van der Waals surface area contributed by atoms with Crippen molar-refractivity contribution in [1.29, 1.82) is 0 Å². The molecule has 166 valence electrons. The third-order valence-corrected chi connectivity index (χ3v) is 7.69. The summed E-state index contributed by atoms with van der Waals surface area (Å²) in [6, 6.07) is 4.05. The topological polar surface area (TPSA) is 169 Å². The van der Waals surface area contributed by atoms with E-state index in [9.17, 15) is 24.6 Å². The Morgan fingerprint density at radius 1 is 1.35 bits per heavy atom. The van der Waals surface area contributed by atoms with Crippen molar-refractivity contribution in [2.45, 2.75) is 22.8 Å². The molecule has 1 aromatic rings. The summed E-state index contributed by atoms with van der Waals surface area (Å²) in [5, 5.41) is 21.3. The van der Waals surface area contributed by atoms with Gasteiger partial charge in [0.15, 0.2) is 0 Å². The normalized spacial score (nSPS) is 26.3. The number of phenolic OH excluding ortho intramolecular Hbond substituents is 1. The van der Waals surface area contributed by atoms with Crippen LogP contribution in [0.1, 0.15) is 11.6 Å². The summed E-state index contributed by atoms with van der Waals surface area (Å²) >= 11 is 2.96.